The molecule has 7 heteroatoms. The summed E-state index contributed by atoms with van der Waals surface area (Å²) in [5.41, 5.74) is 7.67. The highest BCUT2D eigenvalue weighted by Crippen LogP contribution is 2.32. The maximum atomic E-state index is 6.19. The summed E-state index contributed by atoms with van der Waals surface area (Å²) in [7, 11) is 0. The second-order valence-electron chi connectivity index (χ2n) is 8.24. The van der Waals surface area contributed by atoms with Crippen LogP contribution < -0.4 is 5.73 Å². The van der Waals surface area contributed by atoms with Crippen molar-refractivity contribution >= 4 is 5.69 Å². The fourth-order valence-corrected chi connectivity index (χ4v) is 3.38. The lowest BCUT2D eigenvalue weighted by atomic mass is 10.1. The molecule has 0 saturated carbocycles. The molecule has 0 spiro atoms. The van der Waals surface area contributed by atoms with Crippen molar-refractivity contribution in [2.45, 2.75) is 62.0 Å². The second-order valence-corrected chi connectivity index (χ2v) is 8.24. The Morgan fingerprint density at radius 3 is 1.61 bits per heavy atom. The minimum atomic E-state index is 0.176. The van der Waals surface area contributed by atoms with Crippen LogP contribution in [0.4, 0.5) is 5.69 Å². The van der Waals surface area contributed by atoms with Crippen LogP contribution in [0.1, 0.15) is 18.4 Å². The van der Waals surface area contributed by atoms with Gasteiger partial charge in [0.2, 0.25) is 0 Å². The predicted molar refractivity (Wildman–Crippen MR) is 101 cm³/mol. The number of epoxide rings is 5. The van der Waals surface area contributed by atoms with Gasteiger partial charge < -0.3 is 34.2 Å². The van der Waals surface area contributed by atoms with Gasteiger partial charge in [-0.3, -0.25) is 0 Å². The summed E-state index contributed by atoms with van der Waals surface area (Å²) in [5.74, 6) is 0. The largest absolute Gasteiger partial charge is 0.399 e. The van der Waals surface area contributed by atoms with Crippen molar-refractivity contribution in [2.75, 3.05) is 38.8 Å². The van der Waals surface area contributed by atoms with Gasteiger partial charge in [-0.15, -0.1) is 0 Å². The van der Waals surface area contributed by atoms with Gasteiger partial charge in [0.1, 0.15) is 12.2 Å². The highest BCUT2D eigenvalue weighted by atomic mass is 16.6. The molecule has 6 rings (SSSR count). The third kappa shape index (κ3) is 6.14. The van der Waals surface area contributed by atoms with Crippen LogP contribution in [0.3, 0.4) is 0 Å². The number of anilines is 1. The fourth-order valence-electron chi connectivity index (χ4n) is 3.38. The van der Waals surface area contributed by atoms with Gasteiger partial charge in [-0.25, -0.2) is 0 Å². The first-order chi connectivity index (χ1) is 13.7. The molecule has 28 heavy (non-hydrogen) atoms. The number of nitrogen functional groups attached to an aromatic ring is 1. The van der Waals surface area contributed by atoms with E-state index in [2.05, 4.69) is 12.1 Å². The summed E-state index contributed by atoms with van der Waals surface area (Å²) in [6.07, 6.45) is 5.11. The van der Waals surface area contributed by atoms with E-state index in [0.717, 1.165) is 58.0 Å². The zero-order valence-corrected chi connectivity index (χ0v) is 16.0. The topological polar surface area (TPSA) is 97.9 Å². The number of benzene rings is 1. The Morgan fingerprint density at radius 1 is 0.750 bits per heavy atom. The normalized spacial score (nSPS) is 35.9. The molecule has 5 aliphatic heterocycles. The molecule has 154 valence electrons. The van der Waals surface area contributed by atoms with Crippen LogP contribution >= 0.6 is 0 Å². The first kappa shape index (κ1) is 18.8. The predicted octanol–water partition coefficient (Wildman–Crippen LogP) is 1.33. The molecule has 2 N–H and O–H groups in total. The lowest BCUT2D eigenvalue weighted by molar-refractivity contribution is -0.0500. The van der Waals surface area contributed by atoms with Gasteiger partial charge in [-0.1, -0.05) is 12.1 Å². The van der Waals surface area contributed by atoms with Crippen molar-refractivity contribution in [2.24, 2.45) is 0 Å². The molecule has 0 amide bonds. The minimum absolute atomic E-state index is 0.176. The maximum absolute atomic E-state index is 6.19. The van der Waals surface area contributed by atoms with E-state index in [1.165, 1.54) is 5.56 Å². The van der Waals surface area contributed by atoms with E-state index in [0.29, 0.717) is 18.3 Å². The first-order valence-electron chi connectivity index (χ1n) is 10.3. The van der Waals surface area contributed by atoms with Gasteiger partial charge in [0.25, 0.3) is 0 Å². The van der Waals surface area contributed by atoms with Crippen LogP contribution in [0.15, 0.2) is 24.3 Å². The Labute approximate surface area is 165 Å². The Balaban J connectivity index is 0.000000135. The van der Waals surface area contributed by atoms with Crippen molar-refractivity contribution < 1.29 is 28.4 Å². The van der Waals surface area contributed by atoms with Crippen molar-refractivity contribution in [1.82, 2.24) is 0 Å². The molecule has 5 fully saturated rings. The molecule has 0 bridgehead atoms. The molecule has 0 aromatic heterocycles. The quantitative estimate of drug-likeness (QED) is 0.474. The lowest BCUT2D eigenvalue weighted by Gasteiger charge is -2.22. The van der Waals surface area contributed by atoms with Gasteiger partial charge in [0.05, 0.1) is 63.6 Å². The molecule has 5 heterocycles. The zero-order chi connectivity index (χ0) is 18.9. The van der Waals surface area contributed by atoms with Crippen LogP contribution in [0, 0.1) is 0 Å². The fraction of sp³-hybridized carbons (Fsp3) is 0.714. The summed E-state index contributed by atoms with van der Waals surface area (Å²) >= 11 is 0. The number of nitrogens with two attached hydrogens (primary N) is 1. The van der Waals surface area contributed by atoms with Gasteiger partial charge in [0.15, 0.2) is 0 Å². The zero-order valence-electron chi connectivity index (χ0n) is 16.0. The van der Waals surface area contributed by atoms with E-state index in [9.17, 15) is 0 Å². The Kier molecular flexibility index (Phi) is 5.54. The molecular weight excluding hydrogens is 362 g/mol. The standard InChI is InChI=1S/C12H18O5.C9H11NO/c1(7-3-13-7)9(11-5-15-11)17-10(12-6-16-12)2-8-4-14-8;10-8-3-1-7(2-4-8)5-9-6-11-9/h7-12H,1-6H2;1-4,9H,5-6,10H2. The van der Waals surface area contributed by atoms with E-state index < -0.39 is 0 Å². The summed E-state index contributed by atoms with van der Waals surface area (Å²) in [5, 5.41) is 0. The number of ether oxygens (including phenoxy) is 6. The lowest BCUT2D eigenvalue weighted by Crippen LogP contribution is -2.32. The van der Waals surface area contributed by atoms with E-state index in [-0.39, 0.29) is 24.4 Å². The number of hydrogen-bond donors (Lipinski definition) is 1. The smallest absolute Gasteiger partial charge is 0.107 e. The molecule has 0 radical (unpaired) electrons. The molecule has 7 atom stereocenters. The van der Waals surface area contributed by atoms with Crippen molar-refractivity contribution in [3.63, 3.8) is 0 Å². The van der Waals surface area contributed by atoms with Crippen molar-refractivity contribution in [3.8, 4) is 0 Å². The average molecular weight is 391 g/mol. The van der Waals surface area contributed by atoms with E-state index in [4.69, 9.17) is 34.2 Å². The summed E-state index contributed by atoms with van der Waals surface area (Å²) in [6.45, 7) is 4.33. The Hall–Kier alpha value is -1.22. The molecule has 1 aromatic carbocycles. The summed E-state index contributed by atoms with van der Waals surface area (Å²) in [6, 6.07) is 7.96. The third-order valence-electron chi connectivity index (χ3n) is 5.54. The molecule has 5 aliphatic rings. The van der Waals surface area contributed by atoms with E-state index in [1.807, 2.05) is 12.1 Å². The van der Waals surface area contributed by atoms with Crippen LogP contribution in [-0.4, -0.2) is 75.8 Å². The molecular formula is C21H29NO6. The minimum Gasteiger partial charge on any atom is -0.399 e. The van der Waals surface area contributed by atoms with Crippen LogP contribution in [0.5, 0.6) is 0 Å². The van der Waals surface area contributed by atoms with Gasteiger partial charge in [0, 0.05) is 24.9 Å². The summed E-state index contributed by atoms with van der Waals surface area (Å²) in [4.78, 5) is 0. The highest BCUT2D eigenvalue weighted by molar-refractivity contribution is 5.39. The second kappa shape index (κ2) is 8.26. The van der Waals surface area contributed by atoms with Crippen LogP contribution in [0.2, 0.25) is 0 Å². The Morgan fingerprint density at radius 2 is 1.21 bits per heavy atom. The summed E-state index contributed by atoms with van der Waals surface area (Å²) < 4.78 is 32.6. The molecule has 1 aromatic rings. The third-order valence-corrected chi connectivity index (χ3v) is 5.54. The van der Waals surface area contributed by atoms with Gasteiger partial charge >= 0.3 is 0 Å². The van der Waals surface area contributed by atoms with Crippen LogP contribution in [0.25, 0.3) is 0 Å². The average Bonchev–Trinajstić information content (AvgIpc) is 3.51. The monoisotopic (exact) mass is 391 g/mol. The molecule has 0 aliphatic carbocycles. The molecule has 7 unspecified atom stereocenters. The maximum Gasteiger partial charge on any atom is 0.107 e. The van der Waals surface area contributed by atoms with Crippen LogP contribution in [-0.2, 0) is 34.8 Å². The first-order valence-corrected chi connectivity index (χ1v) is 10.3. The van der Waals surface area contributed by atoms with Crippen molar-refractivity contribution in [3.05, 3.63) is 29.8 Å². The molecule has 7 nitrogen and oxygen atoms in total. The van der Waals surface area contributed by atoms with E-state index in [1.54, 1.807) is 0 Å². The molecule has 5 saturated heterocycles. The Bertz CT molecular complexity index is 607. The van der Waals surface area contributed by atoms with Crippen molar-refractivity contribution in [1.29, 1.82) is 0 Å². The van der Waals surface area contributed by atoms with E-state index >= 15 is 0 Å². The highest BCUT2D eigenvalue weighted by Gasteiger charge is 2.44. The van der Waals surface area contributed by atoms with Gasteiger partial charge in [-0.05, 0) is 17.7 Å². The van der Waals surface area contributed by atoms with Gasteiger partial charge in [-0.2, -0.15) is 0 Å². The number of hydrogen-bond acceptors (Lipinski definition) is 7. The number of rotatable bonds is 10. The SMILES string of the molecule is C1OC1CC(OC(CC1CO1)C1CO1)C1CO1.Nc1ccc(CC2CO2)cc1.